The summed E-state index contributed by atoms with van der Waals surface area (Å²) in [5.74, 6) is -0.963. The Bertz CT molecular complexity index is 598. The minimum Gasteiger partial charge on any atom is -0.388 e. The molecule has 2 rings (SSSR count). The first-order chi connectivity index (χ1) is 7.88. The molecule has 1 aromatic carbocycles. The van der Waals surface area contributed by atoms with Gasteiger partial charge in [-0.3, -0.25) is 0 Å². The zero-order valence-corrected chi connectivity index (χ0v) is 8.63. The first-order valence-corrected chi connectivity index (χ1v) is 4.61. The maximum Gasteiger partial charge on any atom is 0.434 e. The van der Waals surface area contributed by atoms with Gasteiger partial charge in [0.05, 0.1) is 5.56 Å². The molecule has 1 aromatic heterocycles. The number of aryl methyl sites for hydroxylation is 1. The van der Waals surface area contributed by atoms with Gasteiger partial charge in [-0.15, -0.1) is 5.10 Å². The molecule has 0 unspecified atom stereocenters. The first-order valence-electron chi connectivity index (χ1n) is 4.61. The smallest absolute Gasteiger partial charge is 0.388 e. The zero-order valence-electron chi connectivity index (χ0n) is 8.63. The van der Waals surface area contributed by atoms with Crippen LogP contribution in [0.4, 0.5) is 13.2 Å². The highest BCUT2D eigenvalue weighted by atomic mass is 19.4. The average Bonchev–Trinajstić information content (AvgIpc) is 2.63. The summed E-state index contributed by atoms with van der Waals surface area (Å²) in [6, 6.07) is 3.16. The minimum absolute atomic E-state index is 0.137. The number of H-pyrrole nitrogens is 1. The summed E-state index contributed by atoms with van der Waals surface area (Å²) < 4.78 is 42.1. The molecule has 0 atom stereocenters. The lowest BCUT2D eigenvalue weighted by molar-refractivity contribution is -0.137. The van der Waals surface area contributed by atoms with Gasteiger partial charge in [-0.05, 0) is 24.6 Å². The van der Waals surface area contributed by atoms with E-state index in [1.165, 1.54) is 6.07 Å². The van der Waals surface area contributed by atoms with Crippen LogP contribution in [0, 0.1) is 6.92 Å². The Labute approximate surface area is 93.1 Å². The van der Waals surface area contributed by atoms with E-state index in [1.54, 1.807) is 6.92 Å². The second-order valence-electron chi connectivity index (χ2n) is 3.45. The number of aromatic amines is 1. The summed E-state index contributed by atoms with van der Waals surface area (Å²) >= 11 is 0. The SMILES string of the molecule is Cc1ccc(C(F)(F)F)cc1-c1n[nH]c(=O)o1. The average molecular weight is 244 g/mol. The molecule has 4 nitrogen and oxygen atoms in total. The molecule has 7 heteroatoms. The number of benzene rings is 1. The van der Waals surface area contributed by atoms with Crippen molar-refractivity contribution < 1.29 is 17.6 Å². The van der Waals surface area contributed by atoms with Crippen LogP contribution in [0.5, 0.6) is 0 Å². The topological polar surface area (TPSA) is 58.9 Å². The van der Waals surface area contributed by atoms with E-state index in [-0.39, 0.29) is 11.5 Å². The number of rotatable bonds is 1. The molecule has 0 bridgehead atoms. The van der Waals surface area contributed by atoms with Gasteiger partial charge in [0.25, 0.3) is 0 Å². The molecule has 0 aliphatic heterocycles. The Morgan fingerprint density at radius 1 is 1.35 bits per heavy atom. The van der Waals surface area contributed by atoms with Crippen molar-refractivity contribution in [3.05, 3.63) is 39.9 Å². The molecule has 0 spiro atoms. The number of halogens is 3. The van der Waals surface area contributed by atoms with Gasteiger partial charge in [0.15, 0.2) is 0 Å². The molecule has 0 saturated carbocycles. The molecule has 90 valence electrons. The third-order valence-corrected chi connectivity index (χ3v) is 2.23. The molecule has 1 N–H and O–H groups in total. The van der Waals surface area contributed by atoms with Crippen LogP contribution in [0.2, 0.25) is 0 Å². The van der Waals surface area contributed by atoms with E-state index in [0.29, 0.717) is 5.56 Å². The van der Waals surface area contributed by atoms with Crippen molar-refractivity contribution in [2.24, 2.45) is 0 Å². The predicted octanol–water partition coefficient (Wildman–Crippen LogP) is 2.36. The third kappa shape index (κ3) is 2.22. The number of nitrogens with zero attached hydrogens (tertiary/aromatic N) is 1. The predicted molar refractivity (Wildman–Crippen MR) is 52.3 cm³/mol. The zero-order chi connectivity index (χ0) is 12.6. The largest absolute Gasteiger partial charge is 0.434 e. The lowest BCUT2D eigenvalue weighted by Gasteiger charge is -2.08. The van der Waals surface area contributed by atoms with Crippen molar-refractivity contribution in [2.75, 3.05) is 0 Å². The summed E-state index contributed by atoms with van der Waals surface area (Å²) in [4.78, 5) is 10.7. The van der Waals surface area contributed by atoms with Crippen molar-refractivity contribution in [1.29, 1.82) is 0 Å². The number of hydrogen-bond acceptors (Lipinski definition) is 3. The highest BCUT2D eigenvalue weighted by molar-refractivity contribution is 5.59. The van der Waals surface area contributed by atoms with Crippen molar-refractivity contribution in [3.8, 4) is 11.5 Å². The Morgan fingerprint density at radius 3 is 2.59 bits per heavy atom. The monoisotopic (exact) mass is 244 g/mol. The highest BCUT2D eigenvalue weighted by Gasteiger charge is 2.31. The van der Waals surface area contributed by atoms with Gasteiger partial charge in [-0.2, -0.15) is 13.2 Å². The van der Waals surface area contributed by atoms with Crippen molar-refractivity contribution in [3.63, 3.8) is 0 Å². The fraction of sp³-hybridized carbons (Fsp3) is 0.200. The Kier molecular flexibility index (Phi) is 2.53. The van der Waals surface area contributed by atoms with Crippen LogP contribution in [0.1, 0.15) is 11.1 Å². The van der Waals surface area contributed by atoms with Gasteiger partial charge < -0.3 is 4.42 Å². The molecular weight excluding hydrogens is 237 g/mol. The Hall–Kier alpha value is -2.05. The standard InChI is InChI=1S/C10H7F3N2O2/c1-5-2-3-6(10(11,12)13)4-7(5)8-14-15-9(16)17-8/h2-4H,1H3,(H,15,16). The van der Waals surface area contributed by atoms with Crippen LogP contribution in [0.15, 0.2) is 27.4 Å². The summed E-state index contributed by atoms with van der Waals surface area (Å²) in [6.45, 7) is 1.60. The lowest BCUT2D eigenvalue weighted by Crippen LogP contribution is -2.05. The van der Waals surface area contributed by atoms with E-state index >= 15 is 0 Å². The fourth-order valence-electron chi connectivity index (χ4n) is 1.37. The summed E-state index contributed by atoms with van der Waals surface area (Å²) in [5.41, 5.74) is -0.143. The van der Waals surface area contributed by atoms with Gasteiger partial charge >= 0.3 is 11.9 Å². The third-order valence-electron chi connectivity index (χ3n) is 2.23. The van der Waals surface area contributed by atoms with Crippen molar-refractivity contribution in [1.82, 2.24) is 10.2 Å². The van der Waals surface area contributed by atoms with E-state index in [0.717, 1.165) is 12.1 Å². The molecule has 2 aromatic rings. The van der Waals surface area contributed by atoms with E-state index in [2.05, 4.69) is 9.52 Å². The molecule has 0 fully saturated rings. The first kappa shape index (κ1) is 11.4. The van der Waals surface area contributed by atoms with Gasteiger partial charge in [0.1, 0.15) is 0 Å². The molecule has 0 saturated heterocycles. The van der Waals surface area contributed by atoms with Crippen molar-refractivity contribution in [2.45, 2.75) is 13.1 Å². The second kappa shape index (κ2) is 3.76. The van der Waals surface area contributed by atoms with E-state index in [9.17, 15) is 18.0 Å². The number of hydrogen-bond donors (Lipinski definition) is 1. The molecule has 0 amide bonds. The molecule has 1 heterocycles. The van der Waals surface area contributed by atoms with Crippen LogP contribution in [0.25, 0.3) is 11.5 Å². The quantitative estimate of drug-likeness (QED) is 0.837. The maximum absolute atomic E-state index is 12.5. The summed E-state index contributed by atoms with van der Waals surface area (Å²) in [5, 5.41) is 5.50. The fourth-order valence-corrected chi connectivity index (χ4v) is 1.37. The van der Waals surface area contributed by atoms with Gasteiger partial charge in [0.2, 0.25) is 5.89 Å². The van der Waals surface area contributed by atoms with Gasteiger partial charge in [-0.25, -0.2) is 9.89 Å². The lowest BCUT2D eigenvalue weighted by atomic mass is 10.0. The van der Waals surface area contributed by atoms with Gasteiger partial charge in [0, 0.05) is 5.56 Å². The maximum atomic E-state index is 12.5. The van der Waals surface area contributed by atoms with Crippen LogP contribution in [-0.4, -0.2) is 10.2 Å². The van der Waals surface area contributed by atoms with Gasteiger partial charge in [-0.1, -0.05) is 6.07 Å². The van der Waals surface area contributed by atoms with Crippen LogP contribution >= 0.6 is 0 Å². The Balaban J connectivity index is 2.58. The highest BCUT2D eigenvalue weighted by Crippen LogP contribution is 2.32. The van der Waals surface area contributed by atoms with Crippen molar-refractivity contribution >= 4 is 0 Å². The Morgan fingerprint density at radius 2 is 2.06 bits per heavy atom. The normalized spacial score (nSPS) is 11.8. The van der Waals surface area contributed by atoms with Crippen LogP contribution < -0.4 is 5.76 Å². The summed E-state index contributed by atoms with van der Waals surface area (Å²) in [7, 11) is 0. The number of alkyl halides is 3. The van der Waals surface area contributed by atoms with Crippen LogP contribution in [0.3, 0.4) is 0 Å². The molecule has 0 aliphatic carbocycles. The number of aromatic nitrogens is 2. The number of nitrogens with one attached hydrogen (secondary N) is 1. The summed E-state index contributed by atoms with van der Waals surface area (Å²) in [6.07, 6.45) is -4.45. The van der Waals surface area contributed by atoms with E-state index in [4.69, 9.17) is 0 Å². The van der Waals surface area contributed by atoms with E-state index < -0.39 is 17.5 Å². The molecule has 0 radical (unpaired) electrons. The second-order valence-corrected chi connectivity index (χ2v) is 3.45. The molecule has 17 heavy (non-hydrogen) atoms. The minimum atomic E-state index is -4.45. The van der Waals surface area contributed by atoms with Crippen LogP contribution in [-0.2, 0) is 6.18 Å². The molecule has 0 aliphatic rings. The van der Waals surface area contributed by atoms with E-state index in [1.807, 2.05) is 5.10 Å². The molecular formula is C10H7F3N2O2.